The number of ether oxygens (including phenoxy) is 2. The summed E-state index contributed by atoms with van der Waals surface area (Å²) in [6.07, 6.45) is 6.41. The first-order valence-corrected chi connectivity index (χ1v) is 6.68. The van der Waals surface area contributed by atoms with E-state index < -0.39 is 11.6 Å². The van der Waals surface area contributed by atoms with E-state index in [1.54, 1.807) is 0 Å². The van der Waals surface area contributed by atoms with E-state index >= 15 is 0 Å². The first-order valence-electron chi connectivity index (χ1n) is 6.68. The zero-order valence-electron chi connectivity index (χ0n) is 10.3. The topological polar surface area (TPSA) is 55.8 Å². The molecule has 1 aliphatic heterocycles. The van der Waals surface area contributed by atoms with Crippen LogP contribution in [0.15, 0.2) is 0 Å². The summed E-state index contributed by atoms with van der Waals surface area (Å²) in [5, 5.41) is 9.37. The lowest BCUT2D eigenvalue weighted by Gasteiger charge is -2.35. The first-order chi connectivity index (χ1) is 8.23. The van der Waals surface area contributed by atoms with Crippen LogP contribution < -0.4 is 0 Å². The molecule has 1 N–H and O–H groups in total. The van der Waals surface area contributed by atoms with Gasteiger partial charge in [0.25, 0.3) is 0 Å². The third-order valence-electron chi connectivity index (χ3n) is 3.99. The SMILES string of the molecule is O=C(O)C1(OCC2CCOCC2)CCCCC1. The lowest BCUT2D eigenvalue weighted by atomic mass is 9.84. The van der Waals surface area contributed by atoms with E-state index in [9.17, 15) is 9.90 Å². The molecule has 0 aromatic heterocycles. The number of aliphatic carboxylic acids is 1. The Hall–Kier alpha value is -0.610. The molecule has 17 heavy (non-hydrogen) atoms. The Bertz CT molecular complexity index is 252. The molecule has 4 heteroatoms. The van der Waals surface area contributed by atoms with Gasteiger partial charge in [-0.3, -0.25) is 0 Å². The Morgan fingerprint density at radius 1 is 1.24 bits per heavy atom. The van der Waals surface area contributed by atoms with Gasteiger partial charge in [-0.15, -0.1) is 0 Å². The van der Waals surface area contributed by atoms with E-state index in [0.29, 0.717) is 25.4 Å². The molecule has 1 saturated carbocycles. The van der Waals surface area contributed by atoms with Crippen molar-refractivity contribution < 1.29 is 19.4 Å². The zero-order chi connectivity index (χ0) is 12.1. The number of carboxylic acid groups (broad SMARTS) is 1. The summed E-state index contributed by atoms with van der Waals surface area (Å²) >= 11 is 0. The molecular weight excluding hydrogens is 220 g/mol. The van der Waals surface area contributed by atoms with Crippen LogP contribution in [0.5, 0.6) is 0 Å². The van der Waals surface area contributed by atoms with Gasteiger partial charge in [0.15, 0.2) is 5.60 Å². The summed E-state index contributed by atoms with van der Waals surface area (Å²) in [5.74, 6) is -0.300. The minimum Gasteiger partial charge on any atom is -0.479 e. The van der Waals surface area contributed by atoms with E-state index in [-0.39, 0.29) is 0 Å². The molecule has 0 amide bonds. The summed E-state index contributed by atoms with van der Waals surface area (Å²) in [4.78, 5) is 11.4. The fraction of sp³-hybridized carbons (Fsp3) is 0.923. The molecule has 0 aromatic rings. The van der Waals surface area contributed by atoms with Crippen LogP contribution in [0.4, 0.5) is 0 Å². The number of hydrogen-bond acceptors (Lipinski definition) is 3. The standard InChI is InChI=1S/C13H22O4/c14-12(15)13(6-2-1-3-7-13)17-10-11-4-8-16-9-5-11/h11H,1-10H2,(H,14,15). The minimum atomic E-state index is -0.892. The van der Waals surface area contributed by atoms with Crippen molar-refractivity contribution in [2.75, 3.05) is 19.8 Å². The molecule has 0 spiro atoms. The second-order valence-corrected chi connectivity index (χ2v) is 5.23. The molecule has 0 aromatic carbocycles. The van der Waals surface area contributed by atoms with E-state index in [1.165, 1.54) is 0 Å². The quantitative estimate of drug-likeness (QED) is 0.821. The highest BCUT2D eigenvalue weighted by molar-refractivity contribution is 5.77. The van der Waals surface area contributed by atoms with E-state index in [4.69, 9.17) is 9.47 Å². The van der Waals surface area contributed by atoms with Crippen LogP contribution in [0.1, 0.15) is 44.9 Å². The van der Waals surface area contributed by atoms with Crippen LogP contribution in [0.25, 0.3) is 0 Å². The van der Waals surface area contributed by atoms with Gasteiger partial charge in [-0.2, -0.15) is 0 Å². The molecule has 2 aliphatic rings. The lowest BCUT2D eigenvalue weighted by Crippen LogP contribution is -2.44. The summed E-state index contributed by atoms with van der Waals surface area (Å²) < 4.78 is 11.1. The molecule has 0 bridgehead atoms. The molecule has 0 atom stereocenters. The van der Waals surface area contributed by atoms with Crippen LogP contribution in [0.2, 0.25) is 0 Å². The summed E-state index contributed by atoms with van der Waals surface area (Å²) in [6, 6.07) is 0. The maximum Gasteiger partial charge on any atom is 0.335 e. The Kier molecular flexibility index (Phi) is 4.40. The highest BCUT2D eigenvalue weighted by Gasteiger charge is 2.41. The van der Waals surface area contributed by atoms with Crippen molar-refractivity contribution in [3.63, 3.8) is 0 Å². The molecule has 2 fully saturated rings. The number of rotatable bonds is 4. The fourth-order valence-corrected chi connectivity index (χ4v) is 2.73. The molecule has 1 saturated heterocycles. The Labute approximate surface area is 102 Å². The Morgan fingerprint density at radius 3 is 2.47 bits per heavy atom. The predicted molar refractivity (Wildman–Crippen MR) is 62.9 cm³/mol. The molecular formula is C13H22O4. The van der Waals surface area contributed by atoms with Crippen molar-refractivity contribution in [1.82, 2.24) is 0 Å². The van der Waals surface area contributed by atoms with Crippen molar-refractivity contribution in [3.8, 4) is 0 Å². The minimum absolute atomic E-state index is 0.474. The Balaban J connectivity index is 1.86. The van der Waals surface area contributed by atoms with Gasteiger partial charge in [0.2, 0.25) is 0 Å². The van der Waals surface area contributed by atoms with Crippen LogP contribution >= 0.6 is 0 Å². The van der Waals surface area contributed by atoms with Crippen LogP contribution in [0, 0.1) is 5.92 Å². The molecule has 98 valence electrons. The maximum atomic E-state index is 11.4. The average molecular weight is 242 g/mol. The monoisotopic (exact) mass is 242 g/mol. The second kappa shape index (κ2) is 5.83. The Morgan fingerprint density at radius 2 is 1.88 bits per heavy atom. The van der Waals surface area contributed by atoms with Crippen molar-refractivity contribution >= 4 is 5.97 Å². The highest BCUT2D eigenvalue weighted by Crippen LogP contribution is 2.33. The molecule has 1 aliphatic carbocycles. The van der Waals surface area contributed by atoms with Gasteiger partial charge in [0.1, 0.15) is 0 Å². The van der Waals surface area contributed by atoms with Crippen LogP contribution in [0.3, 0.4) is 0 Å². The number of carboxylic acids is 1. The summed E-state index contributed by atoms with van der Waals surface area (Å²) in [7, 11) is 0. The fourth-order valence-electron chi connectivity index (χ4n) is 2.73. The summed E-state index contributed by atoms with van der Waals surface area (Å²) in [5.41, 5.74) is -0.892. The van der Waals surface area contributed by atoms with Gasteiger partial charge in [0, 0.05) is 13.2 Å². The lowest BCUT2D eigenvalue weighted by molar-refractivity contribution is -0.174. The van der Waals surface area contributed by atoms with Crippen molar-refractivity contribution in [2.45, 2.75) is 50.5 Å². The van der Waals surface area contributed by atoms with Crippen molar-refractivity contribution in [1.29, 1.82) is 0 Å². The highest BCUT2D eigenvalue weighted by atomic mass is 16.5. The normalized spacial score (nSPS) is 25.6. The third kappa shape index (κ3) is 3.19. The smallest absolute Gasteiger partial charge is 0.335 e. The zero-order valence-corrected chi connectivity index (χ0v) is 10.3. The number of hydrogen-bond donors (Lipinski definition) is 1. The van der Waals surface area contributed by atoms with E-state index in [2.05, 4.69) is 0 Å². The average Bonchev–Trinajstić information content (AvgIpc) is 2.38. The second-order valence-electron chi connectivity index (χ2n) is 5.23. The molecule has 4 nitrogen and oxygen atoms in total. The molecule has 2 rings (SSSR count). The summed E-state index contributed by atoms with van der Waals surface area (Å²) in [6.45, 7) is 2.15. The van der Waals surface area contributed by atoms with E-state index in [0.717, 1.165) is 45.3 Å². The molecule has 0 radical (unpaired) electrons. The third-order valence-corrected chi connectivity index (χ3v) is 3.99. The largest absolute Gasteiger partial charge is 0.479 e. The van der Waals surface area contributed by atoms with Crippen molar-refractivity contribution in [2.24, 2.45) is 5.92 Å². The van der Waals surface area contributed by atoms with Gasteiger partial charge in [0.05, 0.1) is 6.61 Å². The van der Waals surface area contributed by atoms with Gasteiger partial charge < -0.3 is 14.6 Å². The predicted octanol–water partition coefficient (Wildman–Crippen LogP) is 2.22. The van der Waals surface area contributed by atoms with Gasteiger partial charge in [-0.25, -0.2) is 4.79 Å². The number of carbonyl (C=O) groups is 1. The first kappa shape index (κ1) is 12.8. The van der Waals surface area contributed by atoms with Crippen LogP contribution in [-0.2, 0) is 14.3 Å². The van der Waals surface area contributed by atoms with Crippen molar-refractivity contribution in [3.05, 3.63) is 0 Å². The molecule has 0 unspecified atom stereocenters. The maximum absolute atomic E-state index is 11.4. The van der Waals surface area contributed by atoms with Gasteiger partial charge in [-0.1, -0.05) is 6.42 Å². The molecule has 1 heterocycles. The van der Waals surface area contributed by atoms with Crippen LogP contribution in [-0.4, -0.2) is 36.5 Å². The van der Waals surface area contributed by atoms with Gasteiger partial charge >= 0.3 is 5.97 Å². The van der Waals surface area contributed by atoms with E-state index in [1.807, 2.05) is 0 Å². The van der Waals surface area contributed by atoms with Gasteiger partial charge in [-0.05, 0) is 44.4 Å².